The molecule has 0 unspecified atom stereocenters. The van der Waals surface area contributed by atoms with E-state index in [2.05, 4.69) is 10.00 Å². The Hall–Kier alpha value is -2.62. The van der Waals surface area contributed by atoms with Crippen LogP contribution in [-0.2, 0) is 21.0 Å². The Morgan fingerprint density at radius 2 is 1.73 bits per heavy atom. The largest absolute Gasteiger partial charge is 0.434 e. The molecule has 9 nitrogen and oxygen atoms in total. The summed E-state index contributed by atoms with van der Waals surface area (Å²) < 4.78 is 1.68. The van der Waals surface area contributed by atoms with E-state index in [1.165, 1.54) is 4.90 Å². The van der Waals surface area contributed by atoms with Gasteiger partial charge in [0.1, 0.15) is 0 Å². The summed E-state index contributed by atoms with van der Waals surface area (Å²) in [5, 5.41) is 5.96. The highest BCUT2D eigenvalue weighted by Gasteiger charge is 2.34. The van der Waals surface area contributed by atoms with E-state index in [9.17, 15) is 14.4 Å². The number of hydroxylamine groups is 2. The highest BCUT2D eigenvalue weighted by Crippen LogP contribution is 2.23. The molecule has 0 spiro atoms. The standard InChI is InChI=1S/C19H19Cl2N5O4/c20-14-2-1-13(16(9-14)25-12-15(21)10-22-25)11-23-5-7-24(8-6-23)19(29)30-26-17(27)3-4-18(26)28/h1-2,9-10,12H,3-8,11H2. The quantitative estimate of drug-likeness (QED) is 0.663. The molecule has 158 valence electrons. The zero-order chi connectivity index (χ0) is 21.3. The first-order valence-electron chi connectivity index (χ1n) is 9.45. The molecule has 1 aromatic heterocycles. The van der Waals surface area contributed by atoms with Crippen LogP contribution >= 0.6 is 23.2 Å². The summed E-state index contributed by atoms with van der Waals surface area (Å²) in [6.45, 7) is 2.70. The molecule has 0 aliphatic carbocycles. The van der Waals surface area contributed by atoms with Crippen molar-refractivity contribution in [3.05, 3.63) is 46.2 Å². The summed E-state index contributed by atoms with van der Waals surface area (Å²) in [5.41, 5.74) is 1.85. The van der Waals surface area contributed by atoms with Crippen LogP contribution < -0.4 is 0 Å². The maximum atomic E-state index is 12.3. The molecule has 3 heterocycles. The summed E-state index contributed by atoms with van der Waals surface area (Å²) in [6.07, 6.45) is 2.74. The van der Waals surface area contributed by atoms with Gasteiger partial charge in [0.25, 0.3) is 11.8 Å². The summed E-state index contributed by atoms with van der Waals surface area (Å²) in [6, 6.07) is 5.60. The van der Waals surface area contributed by atoms with Gasteiger partial charge >= 0.3 is 6.09 Å². The number of hydrogen-bond donors (Lipinski definition) is 0. The highest BCUT2D eigenvalue weighted by atomic mass is 35.5. The zero-order valence-corrected chi connectivity index (χ0v) is 17.5. The van der Waals surface area contributed by atoms with E-state index in [4.69, 9.17) is 28.0 Å². The van der Waals surface area contributed by atoms with Gasteiger partial charge in [0.05, 0.1) is 16.9 Å². The molecule has 30 heavy (non-hydrogen) atoms. The number of imide groups is 1. The van der Waals surface area contributed by atoms with Crippen LogP contribution in [0, 0.1) is 0 Å². The van der Waals surface area contributed by atoms with Crippen LogP contribution in [0.25, 0.3) is 5.69 Å². The van der Waals surface area contributed by atoms with E-state index in [0.29, 0.717) is 47.8 Å². The number of hydrogen-bond acceptors (Lipinski definition) is 6. The van der Waals surface area contributed by atoms with Gasteiger partial charge in [-0.3, -0.25) is 14.5 Å². The lowest BCUT2D eigenvalue weighted by molar-refractivity contribution is -0.174. The monoisotopic (exact) mass is 451 g/mol. The molecule has 3 amide bonds. The third kappa shape index (κ3) is 4.43. The van der Waals surface area contributed by atoms with Gasteiger partial charge in [-0.15, -0.1) is 5.06 Å². The fourth-order valence-electron chi connectivity index (χ4n) is 3.44. The van der Waals surface area contributed by atoms with Gasteiger partial charge in [-0.2, -0.15) is 5.10 Å². The topological polar surface area (TPSA) is 88.0 Å². The number of halogens is 2. The van der Waals surface area contributed by atoms with Gasteiger partial charge in [-0.05, 0) is 17.7 Å². The van der Waals surface area contributed by atoms with Gasteiger partial charge in [-0.25, -0.2) is 9.48 Å². The van der Waals surface area contributed by atoms with Crippen LogP contribution in [0.1, 0.15) is 18.4 Å². The minimum Gasteiger partial charge on any atom is -0.311 e. The van der Waals surface area contributed by atoms with Crippen molar-refractivity contribution in [1.29, 1.82) is 0 Å². The number of carbonyl (C=O) groups is 3. The summed E-state index contributed by atoms with van der Waals surface area (Å²) in [7, 11) is 0. The number of carbonyl (C=O) groups excluding carboxylic acids is 3. The summed E-state index contributed by atoms with van der Waals surface area (Å²) in [5.74, 6) is -0.970. The molecular formula is C19H19Cl2N5O4. The van der Waals surface area contributed by atoms with Gasteiger partial charge in [0.15, 0.2) is 0 Å². The van der Waals surface area contributed by atoms with Crippen molar-refractivity contribution < 1.29 is 19.2 Å². The van der Waals surface area contributed by atoms with Crippen LogP contribution in [0.3, 0.4) is 0 Å². The number of amides is 3. The zero-order valence-electron chi connectivity index (χ0n) is 16.0. The molecule has 0 bridgehead atoms. The van der Waals surface area contributed by atoms with Gasteiger partial charge in [0, 0.05) is 56.8 Å². The minimum atomic E-state index is -0.684. The van der Waals surface area contributed by atoms with Gasteiger partial charge in [0.2, 0.25) is 0 Å². The van der Waals surface area contributed by atoms with Crippen molar-refractivity contribution in [2.75, 3.05) is 26.2 Å². The number of piperazine rings is 1. The molecule has 11 heteroatoms. The first-order valence-corrected chi connectivity index (χ1v) is 10.2. The Kier molecular flexibility index (Phi) is 5.94. The second kappa shape index (κ2) is 8.63. The summed E-state index contributed by atoms with van der Waals surface area (Å²) in [4.78, 5) is 44.2. The Morgan fingerprint density at radius 3 is 2.37 bits per heavy atom. The molecule has 0 atom stereocenters. The molecule has 2 fully saturated rings. The second-order valence-electron chi connectivity index (χ2n) is 7.08. The lowest BCUT2D eigenvalue weighted by Crippen LogP contribution is -2.50. The average molecular weight is 452 g/mol. The first-order chi connectivity index (χ1) is 14.4. The fourth-order valence-corrected chi connectivity index (χ4v) is 3.74. The van der Waals surface area contributed by atoms with Crippen molar-refractivity contribution in [3.63, 3.8) is 0 Å². The number of benzene rings is 1. The van der Waals surface area contributed by atoms with Crippen LogP contribution in [0.2, 0.25) is 10.0 Å². The predicted octanol–water partition coefficient (Wildman–Crippen LogP) is 2.50. The maximum Gasteiger partial charge on any atom is 0.434 e. The minimum absolute atomic E-state index is 0.0742. The Morgan fingerprint density at radius 1 is 1.03 bits per heavy atom. The lowest BCUT2D eigenvalue weighted by atomic mass is 10.1. The van der Waals surface area contributed by atoms with Crippen molar-refractivity contribution in [1.82, 2.24) is 24.6 Å². The smallest absolute Gasteiger partial charge is 0.311 e. The molecule has 2 saturated heterocycles. The first kappa shape index (κ1) is 20.6. The molecule has 2 aliphatic heterocycles. The van der Waals surface area contributed by atoms with Crippen molar-refractivity contribution in [2.24, 2.45) is 0 Å². The number of aromatic nitrogens is 2. The third-order valence-electron chi connectivity index (χ3n) is 5.04. The highest BCUT2D eigenvalue weighted by molar-refractivity contribution is 6.31. The van der Waals surface area contributed by atoms with Crippen molar-refractivity contribution in [3.8, 4) is 5.69 Å². The van der Waals surface area contributed by atoms with Crippen LogP contribution in [-0.4, -0.2) is 68.7 Å². The number of nitrogens with zero attached hydrogens (tertiary/aromatic N) is 5. The van der Waals surface area contributed by atoms with Crippen molar-refractivity contribution in [2.45, 2.75) is 19.4 Å². The van der Waals surface area contributed by atoms with Gasteiger partial charge < -0.3 is 9.74 Å². The van der Waals surface area contributed by atoms with E-state index < -0.39 is 17.9 Å². The molecule has 0 saturated carbocycles. The molecule has 0 radical (unpaired) electrons. The lowest BCUT2D eigenvalue weighted by Gasteiger charge is -2.34. The molecule has 2 aromatic rings. The molecule has 2 aliphatic rings. The molecular weight excluding hydrogens is 433 g/mol. The van der Waals surface area contributed by atoms with Gasteiger partial charge in [-0.1, -0.05) is 29.3 Å². The third-order valence-corrected chi connectivity index (χ3v) is 5.48. The number of rotatable bonds is 4. The van der Waals surface area contributed by atoms with E-state index in [-0.39, 0.29) is 12.8 Å². The van der Waals surface area contributed by atoms with Crippen molar-refractivity contribution >= 4 is 41.1 Å². The maximum absolute atomic E-state index is 12.3. The van der Waals surface area contributed by atoms with E-state index in [1.54, 1.807) is 17.1 Å². The normalized spacial score (nSPS) is 17.7. The van der Waals surface area contributed by atoms with Crippen LogP contribution in [0.4, 0.5) is 4.79 Å². The molecule has 1 aromatic carbocycles. The predicted molar refractivity (Wildman–Crippen MR) is 108 cm³/mol. The van der Waals surface area contributed by atoms with E-state index in [0.717, 1.165) is 11.3 Å². The average Bonchev–Trinajstić information content (AvgIpc) is 3.30. The van der Waals surface area contributed by atoms with E-state index >= 15 is 0 Å². The fraction of sp³-hybridized carbons (Fsp3) is 0.368. The molecule has 0 N–H and O–H groups in total. The molecule has 4 rings (SSSR count). The second-order valence-corrected chi connectivity index (χ2v) is 7.95. The summed E-state index contributed by atoms with van der Waals surface area (Å²) >= 11 is 12.2. The Bertz CT molecular complexity index is 971. The van der Waals surface area contributed by atoms with Crippen LogP contribution in [0.15, 0.2) is 30.6 Å². The van der Waals surface area contributed by atoms with Crippen LogP contribution in [0.5, 0.6) is 0 Å². The Labute approximate surface area is 182 Å². The SMILES string of the molecule is O=C(ON1C(=O)CCC1=O)N1CCN(Cc2ccc(Cl)cc2-n2cc(Cl)cn2)CC1. The Balaban J connectivity index is 1.37. The van der Waals surface area contributed by atoms with E-state index in [1.807, 2.05) is 18.2 Å².